The Kier molecular flexibility index (Phi) is 190. The van der Waals surface area contributed by atoms with Gasteiger partial charge in [-0.25, -0.2) is 0 Å². The van der Waals surface area contributed by atoms with Gasteiger partial charge < -0.3 is 14.4 Å². The van der Waals surface area contributed by atoms with Crippen LogP contribution in [0, 0.1) is 14.4 Å². The first-order chi connectivity index (χ1) is 1.41. The van der Waals surface area contributed by atoms with Crippen molar-refractivity contribution in [2.45, 2.75) is 13.3 Å². The molecule has 0 bridgehead atoms. The summed E-state index contributed by atoms with van der Waals surface area (Å²) in [6.07, 6.45) is 1.00. The zero-order valence-electron chi connectivity index (χ0n) is 4.81. The summed E-state index contributed by atoms with van der Waals surface area (Å²) in [5.74, 6) is 0. The van der Waals surface area contributed by atoms with Crippen LogP contribution in [0.5, 0.6) is 0 Å². The van der Waals surface area contributed by atoms with Gasteiger partial charge in [0, 0.05) is 74.8 Å². The van der Waals surface area contributed by atoms with Crippen molar-refractivity contribution in [3.05, 3.63) is 14.4 Å². The van der Waals surface area contributed by atoms with Crippen molar-refractivity contribution >= 4 is 0 Å². The van der Waals surface area contributed by atoms with Gasteiger partial charge in [-0.05, 0) is 0 Å². The normalized spacial score (nSPS) is 2.57. The molecule has 7 heavy (non-hydrogen) atoms. The number of hydrogen-bond acceptors (Lipinski definition) is 0. The molecule has 0 saturated carbocycles. The van der Waals surface area contributed by atoms with E-state index in [2.05, 4.69) is 6.92 Å². The van der Waals surface area contributed by atoms with Crippen LogP contribution in [0.25, 0.3) is 0 Å². The Morgan fingerprint density at radius 2 is 1.29 bits per heavy atom. The first-order valence-corrected chi connectivity index (χ1v) is 1.21. The molecule has 0 fully saturated rings. The molecule has 0 N–H and O–H groups in total. The fourth-order valence-electron chi connectivity index (χ4n) is 0. The Hall–Kier alpha value is 2.48. The molecule has 0 aliphatic heterocycles. The summed E-state index contributed by atoms with van der Waals surface area (Å²) in [5, 5.41) is 0. The van der Waals surface area contributed by atoms with Crippen LogP contribution in [0.3, 0.4) is 0 Å². The van der Waals surface area contributed by atoms with Crippen molar-refractivity contribution < 1.29 is 74.8 Å². The molecule has 0 aromatic rings. The van der Waals surface area contributed by atoms with Crippen molar-refractivity contribution in [3.63, 3.8) is 0 Å². The topological polar surface area (TPSA) is 0 Å². The summed E-state index contributed by atoms with van der Waals surface area (Å²) in [5.41, 5.74) is 0. The van der Waals surface area contributed by atoms with E-state index in [1.807, 2.05) is 6.92 Å². The van der Waals surface area contributed by atoms with Crippen LogP contribution in [-0.2, 0) is 74.8 Å². The molecule has 0 aliphatic carbocycles. The zero-order valence-corrected chi connectivity index (χ0v) is 13.5. The van der Waals surface area contributed by atoms with Gasteiger partial charge >= 0.3 is 0 Å². The molecular weight excluding hydrogens is 505 g/mol. The van der Waals surface area contributed by atoms with Gasteiger partial charge in [-0.1, -0.05) is 6.92 Å². The summed E-state index contributed by atoms with van der Waals surface area (Å²) in [6, 6.07) is 0. The van der Waals surface area contributed by atoms with Crippen molar-refractivity contribution in [2.75, 3.05) is 0 Å². The first-order valence-electron chi connectivity index (χ1n) is 1.21. The fraction of sp³-hybridized carbons (Fsp3) is 0.500. The van der Waals surface area contributed by atoms with Gasteiger partial charge in [0.15, 0.2) is 0 Å². The molecule has 0 nitrogen and oxygen atoms in total. The van der Waals surface area contributed by atoms with Gasteiger partial charge in [-0.2, -0.15) is 6.42 Å². The Morgan fingerprint density at radius 3 is 1.29 bits per heavy atom. The van der Waals surface area contributed by atoms with Crippen molar-refractivity contribution in [1.29, 1.82) is 0 Å². The van der Waals surface area contributed by atoms with Gasteiger partial charge in [0.05, 0.1) is 0 Å². The zero-order chi connectivity index (χ0) is 2.71. The van der Waals surface area contributed by atoms with Crippen LogP contribution in [0.1, 0.15) is 13.3 Å². The molecule has 43 valence electrons. The molecule has 3 heteroatoms. The van der Waals surface area contributed by atoms with Gasteiger partial charge in [0.25, 0.3) is 0 Å². The van der Waals surface area contributed by atoms with E-state index in [4.69, 9.17) is 0 Å². The molecule has 1 radical (unpaired) electrons. The summed E-state index contributed by atoms with van der Waals surface area (Å²) >= 11 is 0. The minimum absolute atomic E-state index is 0. The minimum Gasteiger partial charge on any atom is -0.358 e. The second-order valence-corrected chi connectivity index (χ2v) is 0.500. The van der Waals surface area contributed by atoms with E-state index in [-0.39, 0.29) is 82.3 Å². The molecule has 0 saturated heterocycles. The van der Waals surface area contributed by atoms with E-state index in [0.29, 0.717) is 0 Å². The largest absolute Gasteiger partial charge is 0.358 e. The van der Waals surface area contributed by atoms with Gasteiger partial charge in [-0.3, -0.25) is 0 Å². The smallest absolute Gasteiger partial charge is 0 e. The van der Waals surface area contributed by atoms with Crippen LogP contribution in [-0.4, -0.2) is 0 Å². The summed E-state index contributed by atoms with van der Waals surface area (Å²) in [7, 11) is 0. The Balaban J connectivity index is -0.00000000333. The summed E-state index contributed by atoms with van der Waals surface area (Å²) in [6.45, 7) is 5.50. The summed E-state index contributed by atoms with van der Waals surface area (Å²) in [4.78, 5) is 0. The molecule has 0 rings (SSSR count). The Labute approximate surface area is 101 Å². The Morgan fingerprint density at radius 1 is 1.29 bits per heavy atom. The molecule has 0 heterocycles. The minimum atomic E-state index is 0. The summed E-state index contributed by atoms with van der Waals surface area (Å²) < 4.78 is 0. The number of rotatable bonds is 0. The van der Waals surface area contributed by atoms with Crippen LogP contribution >= 0.6 is 0 Å². The molecule has 0 aliphatic rings. The Bertz CT molecular complexity index is 9.65. The predicted octanol–water partition coefficient (Wildman–Crippen LogP) is 1.67. The molecule has 0 atom stereocenters. The molecule has 0 aromatic heterocycles. The van der Waals surface area contributed by atoms with Crippen molar-refractivity contribution in [3.8, 4) is 0 Å². The second-order valence-electron chi connectivity index (χ2n) is 0.500. The predicted molar refractivity (Wildman–Crippen MR) is 22.1 cm³/mol. The molecular formula is C4H10W2Y-2. The van der Waals surface area contributed by atoms with Crippen LogP contribution < -0.4 is 0 Å². The van der Waals surface area contributed by atoms with Crippen molar-refractivity contribution in [2.24, 2.45) is 0 Å². The standard InChI is InChI=1S/C3H7.CH3.2W.Y/c1-3-2;;;;/h1,3H2,2H3;1H3;;;/q2*-1;;;. The third kappa shape index (κ3) is 57.9. The van der Waals surface area contributed by atoms with Gasteiger partial charge in [0.1, 0.15) is 0 Å². The molecule has 0 amide bonds. The van der Waals surface area contributed by atoms with E-state index in [0.717, 1.165) is 6.42 Å². The number of hydrogen-bond donors (Lipinski definition) is 0. The fourth-order valence-corrected chi connectivity index (χ4v) is 0. The quantitative estimate of drug-likeness (QED) is 0.432. The van der Waals surface area contributed by atoms with E-state index in [1.165, 1.54) is 0 Å². The van der Waals surface area contributed by atoms with Gasteiger partial charge in [0.2, 0.25) is 0 Å². The van der Waals surface area contributed by atoms with E-state index >= 15 is 0 Å². The van der Waals surface area contributed by atoms with E-state index < -0.39 is 0 Å². The molecule has 0 aromatic carbocycles. The van der Waals surface area contributed by atoms with Gasteiger partial charge in [-0.15, -0.1) is 0 Å². The monoisotopic (exact) mass is 515 g/mol. The molecule has 0 spiro atoms. The maximum absolute atomic E-state index is 3.49. The van der Waals surface area contributed by atoms with E-state index in [1.54, 1.807) is 0 Å². The first kappa shape index (κ1) is 34.0. The SMILES string of the molecule is [CH2-]CC.[CH3-].[W].[W].[Y]. The average molecular weight is 515 g/mol. The van der Waals surface area contributed by atoms with Crippen LogP contribution in [0.4, 0.5) is 0 Å². The second kappa shape index (κ2) is 39.2. The van der Waals surface area contributed by atoms with Crippen molar-refractivity contribution in [1.82, 2.24) is 0 Å². The molecule has 0 unspecified atom stereocenters. The third-order valence-electron chi connectivity index (χ3n) is 0. The average Bonchev–Trinajstić information content (AvgIpc) is 0.918. The maximum atomic E-state index is 3.49. The van der Waals surface area contributed by atoms with Crippen LogP contribution in [0.15, 0.2) is 0 Å². The maximum Gasteiger partial charge on any atom is 0 e. The third-order valence-corrected chi connectivity index (χ3v) is 0. The van der Waals surface area contributed by atoms with E-state index in [9.17, 15) is 0 Å². The van der Waals surface area contributed by atoms with Crippen LogP contribution in [0.2, 0.25) is 0 Å².